The van der Waals surface area contributed by atoms with Crippen LogP contribution < -0.4 is 0 Å². The maximum atomic E-state index is 11.1. The summed E-state index contributed by atoms with van der Waals surface area (Å²) in [5.74, 6) is -1.57. The van der Waals surface area contributed by atoms with Crippen LogP contribution >= 0.6 is 0 Å². The molecule has 0 radical (unpaired) electrons. The van der Waals surface area contributed by atoms with E-state index in [-0.39, 0.29) is 11.3 Å². The van der Waals surface area contributed by atoms with Gasteiger partial charge >= 0.3 is 5.97 Å². The van der Waals surface area contributed by atoms with E-state index in [1.165, 1.54) is 19.1 Å². The standard InChI is InChI=1S/C16H15NO3/c1-4-15(18)14(16(19)20)7-11(3)12-6-5-10(2)13(8-12)9-17/h4-8,18H,3H2,1-2H3,(H,19,20)/b14-7+,15-4+. The molecular formula is C16H15NO3. The average molecular weight is 269 g/mol. The minimum Gasteiger partial charge on any atom is -0.507 e. The number of rotatable bonds is 4. The molecule has 2 N–H and O–H groups in total. The van der Waals surface area contributed by atoms with E-state index in [0.29, 0.717) is 16.7 Å². The van der Waals surface area contributed by atoms with Crippen LogP contribution in [-0.2, 0) is 4.79 Å². The topological polar surface area (TPSA) is 81.3 Å². The number of aryl methyl sites for hydroxylation is 1. The lowest BCUT2D eigenvalue weighted by atomic mass is 9.99. The highest BCUT2D eigenvalue weighted by Crippen LogP contribution is 2.21. The SMILES string of the molecule is C=C(/C=C(C(=O)O)\C(O)=C/C)c1ccc(C)c(C#N)c1. The Labute approximate surface area is 117 Å². The van der Waals surface area contributed by atoms with Crippen molar-refractivity contribution in [3.8, 4) is 6.07 Å². The highest BCUT2D eigenvalue weighted by atomic mass is 16.4. The first kappa shape index (κ1) is 15.3. The summed E-state index contributed by atoms with van der Waals surface area (Å²) in [6.45, 7) is 7.13. The number of benzene rings is 1. The van der Waals surface area contributed by atoms with Crippen LogP contribution in [0.3, 0.4) is 0 Å². The number of aliphatic hydroxyl groups excluding tert-OH is 1. The van der Waals surface area contributed by atoms with Crippen molar-refractivity contribution in [2.24, 2.45) is 0 Å². The first-order valence-electron chi connectivity index (χ1n) is 5.91. The molecule has 0 bridgehead atoms. The fourth-order valence-corrected chi connectivity index (χ4v) is 1.60. The first-order chi connectivity index (χ1) is 9.40. The molecule has 1 rings (SSSR count). The van der Waals surface area contributed by atoms with E-state index >= 15 is 0 Å². The van der Waals surface area contributed by atoms with Crippen LogP contribution in [-0.4, -0.2) is 16.2 Å². The normalized spacial score (nSPS) is 11.8. The summed E-state index contributed by atoms with van der Waals surface area (Å²) in [7, 11) is 0. The van der Waals surface area contributed by atoms with E-state index in [4.69, 9.17) is 10.4 Å². The Morgan fingerprint density at radius 2 is 2.05 bits per heavy atom. The number of hydrogen-bond acceptors (Lipinski definition) is 3. The van der Waals surface area contributed by atoms with E-state index in [1.807, 2.05) is 6.92 Å². The van der Waals surface area contributed by atoms with Crippen molar-refractivity contribution in [3.63, 3.8) is 0 Å². The van der Waals surface area contributed by atoms with Crippen molar-refractivity contribution in [3.05, 3.63) is 65.0 Å². The molecule has 0 atom stereocenters. The summed E-state index contributed by atoms with van der Waals surface area (Å²) in [4.78, 5) is 11.1. The van der Waals surface area contributed by atoms with Gasteiger partial charge in [0, 0.05) is 0 Å². The molecule has 1 aromatic rings. The molecule has 4 heteroatoms. The van der Waals surface area contributed by atoms with Crippen LogP contribution in [0.2, 0.25) is 0 Å². The van der Waals surface area contributed by atoms with Gasteiger partial charge in [0.25, 0.3) is 0 Å². The van der Waals surface area contributed by atoms with E-state index in [0.717, 1.165) is 5.56 Å². The van der Waals surface area contributed by atoms with E-state index in [2.05, 4.69) is 12.6 Å². The lowest BCUT2D eigenvalue weighted by molar-refractivity contribution is -0.132. The van der Waals surface area contributed by atoms with Gasteiger partial charge in [0.15, 0.2) is 0 Å². The van der Waals surface area contributed by atoms with Crippen molar-refractivity contribution >= 4 is 11.5 Å². The largest absolute Gasteiger partial charge is 0.507 e. The van der Waals surface area contributed by atoms with Gasteiger partial charge in [0.2, 0.25) is 0 Å². The summed E-state index contributed by atoms with van der Waals surface area (Å²) >= 11 is 0. The predicted molar refractivity (Wildman–Crippen MR) is 77.0 cm³/mol. The highest BCUT2D eigenvalue weighted by Gasteiger charge is 2.12. The summed E-state index contributed by atoms with van der Waals surface area (Å²) < 4.78 is 0. The molecule has 0 saturated heterocycles. The Kier molecular flexibility index (Phi) is 4.88. The van der Waals surface area contributed by atoms with Crippen LogP contribution in [0.5, 0.6) is 0 Å². The molecule has 4 nitrogen and oxygen atoms in total. The van der Waals surface area contributed by atoms with Gasteiger partial charge in [-0.05, 0) is 48.8 Å². The molecule has 0 amide bonds. The van der Waals surface area contributed by atoms with E-state index in [1.54, 1.807) is 18.2 Å². The zero-order valence-corrected chi connectivity index (χ0v) is 11.3. The van der Waals surface area contributed by atoms with Crippen molar-refractivity contribution in [1.29, 1.82) is 5.26 Å². The molecule has 0 aromatic heterocycles. The monoisotopic (exact) mass is 269 g/mol. The quantitative estimate of drug-likeness (QED) is 0.499. The molecule has 0 heterocycles. The zero-order valence-electron chi connectivity index (χ0n) is 11.3. The van der Waals surface area contributed by atoms with Gasteiger partial charge in [0.05, 0.1) is 11.6 Å². The number of carboxylic acid groups (broad SMARTS) is 1. The van der Waals surface area contributed by atoms with Crippen molar-refractivity contribution in [2.45, 2.75) is 13.8 Å². The third kappa shape index (κ3) is 3.36. The summed E-state index contributed by atoms with van der Waals surface area (Å²) in [5.41, 5.74) is 2.14. The van der Waals surface area contributed by atoms with E-state index < -0.39 is 5.97 Å². The number of allylic oxidation sites excluding steroid dienone is 3. The number of carbonyl (C=O) groups is 1. The summed E-state index contributed by atoms with van der Waals surface area (Å²) in [6.07, 6.45) is 2.58. The number of nitrogens with zero attached hydrogens (tertiary/aromatic N) is 1. The van der Waals surface area contributed by atoms with Crippen LogP contribution in [0.4, 0.5) is 0 Å². The van der Waals surface area contributed by atoms with Gasteiger partial charge in [0.1, 0.15) is 11.3 Å². The van der Waals surface area contributed by atoms with Gasteiger partial charge in [-0.2, -0.15) is 5.26 Å². The van der Waals surface area contributed by atoms with Crippen LogP contribution in [0.25, 0.3) is 5.57 Å². The van der Waals surface area contributed by atoms with Gasteiger partial charge in [-0.15, -0.1) is 0 Å². The number of aliphatic hydroxyl groups is 1. The molecule has 102 valence electrons. The third-order valence-electron chi connectivity index (χ3n) is 2.83. The van der Waals surface area contributed by atoms with Crippen molar-refractivity contribution < 1.29 is 15.0 Å². The molecule has 0 saturated carbocycles. The maximum Gasteiger partial charge on any atom is 0.339 e. The summed E-state index contributed by atoms with van der Waals surface area (Å²) in [6, 6.07) is 7.22. The van der Waals surface area contributed by atoms with E-state index in [9.17, 15) is 9.90 Å². The fourth-order valence-electron chi connectivity index (χ4n) is 1.60. The maximum absolute atomic E-state index is 11.1. The van der Waals surface area contributed by atoms with Gasteiger partial charge in [-0.1, -0.05) is 18.7 Å². The number of aliphatic carboxylic acids is 1. The Morgan fingerprint density at radius 3 is 2.55 bits per heavy atom. The average Bonchev–Trinajstić information content (AvgIpc) is 2.43. The second kappa shape index (κ2) is 6.39. The fraction of sp³-hybridized carbons (Fsp3) is 0.125. The van der Waals surface area contributed by atoms with Gasteiger partial charge in [-0.25, -0.2) is 4.79 Å². The molecule has 20 heavy (non-hydrogen) atoms. The van der Waals surface area contributed by atoms with Crippen LogP contribution in [0.15, 0.2) is 48.3 Å². The molecule has 0 aliphatic carbocycles. The van der Waals surface area contributed by atoms with Crippen LogP contribution in [0, 0.1) is 18.3 Å². The van der Waals surface area contributed by atoms with Gasteiger partial charge < -0.3 is 10.2 Å². The number of nitriles is 1. The Morgan fingerprint density at radius 1 is 1.40 bits per heavy atom. The lowest BCUT2D eigenvalue weighted by Gasteiger charge is -2.06. The molecule has 0 aliphatic rings. The third-order valence-corrected chi connectivity index (χ3v) is 2.83. The minimum atomic E-state index is -1.24. The second-order valence-corrected chi connectivity index (χ2v) is 4.20. The predicted octanol–water partition coefficient (Wildman–Crippen LogP) is 3.35. The zero-order chi connectivity index (χ0) is 15.3. The van der Waals surface area contributed by atoms with Crippen molar-refractivity contribution in [1.82, 2.24) is 0 Å². The Hall–Kier alpha value is -2.80. The Balaban J connectivity index is 3.25. The first-order valence-corrected chi connectivity index (χ1v) is 5.91. The number of carboxylic acids is 1. The van der Waals surface area contributed by atoms with Gasteiger partial charge in [-0.3, -0.25) is 0 Å². The summed E-state index contributed by atoms with van der Waals surface area (Å²) in [5, 5.41) is 27.6. The van der Waals surface area contributed by atoms with Crippen LogP contribution in [0.1, 0.15) is 23.6 Å². The second-order valence-electron chi connectivity index (χ2n) is 4.20. The number of hydrogen-bond donors (Lipinski definition) is 2. The molecule has 0 spiro atoms. The minimum absolute atomic E-state index is 0.239. The highest BCUT2D eigenvalue weighted by molar-refractivity contribution is 5.94. The molecule has 0 fully saturated rings. The molecular weight excluding hydrogens is 254 g/mol. The molecule has 0 unspecified atom stereocenters. The smallest absolute Gasteiger partial charge is 0.339 e. The van der Waals surface area contributed by atoms with Crippen molar-refractivity contribution in [2.75, 3.05) is 0 Å². The molecule has 1 aromatic carbocycles. The lowest BCUT2D eigenvalue weighted by Crippen LogP contribution is -2.03. The molecule has 0 aliphatic heterocycles. The Bertz CT molecular complexity index is 661.